The molecule has 0 aliphatic carbocycles. The molecule has 7 heteroatoms. The van der Waals surface area contributed by atoms with Crippen molar-refractivity contribution < 1.29 is 19.4 Å². The third kappa shape index (κ3) is 5.28. The first-order chi connectivity index (χ1) is 19.3. The molecule has 1 amide bonds. The third-order valence-electron chi connectivity index (χ3n) is 7.29. The van der Waals surface area contributed by atoms with Crippen LogP contribution in [-0.4, -0.2) is 39.3 Å². The summed E-state index contributed by atoms with van der Waals surface area (Å²) in [6.45, 7) is 11.7. The standard InChI is InChI=1S/C33H37N3O4/c1-6-39-27-18-24(12-13-26(27)40-15-14-20(2)3)32-29-30(28-22(5)16-21(4)17-25(28)37)34-35-31(29)33(38)36(32)19-23-10-8-7-9-11-23/h7-13,16-18,20,32,37H,6,14-15,19H2,1-5H3,(H,34,35). The van der Waals surface area contributed by atoms with Gasteiger partial charge in [-0.05, 0) is 73.6 Å². The lowest BCUT2D eigenvalue weighted by molar-refractivity contribution is 0.0729. The van der Waals surface area contributed by atoms with Crippen molar-refractivity contribution in [3.8, 4) is 28.5 Å². The zero-order valence-electron chi connectivity index (χ0n) is 23.8. The number of hydrogen-bond acceptors (Lipinski definition) is 5. The Balaban J connectivity index is 1.63. The fraction of sp³-hybridized carbons (Fsp3) is 0.333. The summed E-state index contributed by atoms with van der Waals surface area (Å²) in [7, 11) is 0. The Morgan fingerprint density at radius 3 is 2.50 bits per heavy atom. The number of aromatic nitrogens is 2. The van der Waals surface area contributed by atoms with Crippen molar-refractivity contribution >= 4 is 5.91 Å². The number of aromatic hydroxyl groups is 1. The number of rotatable bonds is 10. The zero-order valence-corrected chi connectivity index (χ0v) is 23.8. The first-order valence-corrected chi connectivity index (χ1v) is 13.9. The van der Waals surface area contributed by atoms with Gasteiger partial charge in [0.15, 0.2) is 11.5 Å². The van der Waals surface area contributed by atoms with E-state index in [2.05, 4.69) is 24.0 Å². The lowest BCUT2D eigenvalue weighted by atomic mass is 9.93. The lowest BCUT2D eigenvalue weighted by Crippen LogP contribution is -2.29. The maximum Gasteiger partial charge on any atom is 0.273 e. The van der Waals surface area contributed by atoms with Gasteiger partial charge in [0, 0.05) is 17.7 Å². The molecule has 0 fully saturated rings. The Bertz CT molecular complexity index is 1490. The van der Waals surface area contributed by atoms with Crippen molar-refractivity contribution in [2.75, 3.05) is 13.2 Å². The van der Waals surface area contributed by atoms with Crippen molar-refractivity contribution in [2.24, 2.45) is 5.92 Å². The van der Waals surface area contributed by atoms with Crippen LogP contribution in [0.1, 0.15) is 71.5 Å². The number of carbonyl (C=O) groups excluding carboxylic acids is 1. The number of ether oxygens (including phenoxy) is 2. The lowest BCUT2D eigenvalue weighted by Gasteiger charge is -2.27. The van der Waals surface area contributed by atoms with Crippen molar-refractivity contribution in [3.05, 3.63) is 94.2 Å². The van der Waals surface area contributed by atoms with Gasteiger partial charge >= 0.3 is 0 Å². The molecule has 1 unspecified atom stereocenters. The van der Waals surface area contributed by atoms with Gasteiger partial charge in [0.05, 0.1) is 19.3 Å². The Morgan fingerprint density at radius 2 is 1.80 bits per heavy atom. The molecule has 1 aliphatic heterocycles. The van der Waals surface area contributed by atoms with Crippen LogP contribution in [0.15, 0.2) is 60.7 Å². The van der Waals surface area contributed by atoms with Gasteiger partial charge in [-0.25, -0.2) is 0 Å². The van der Waals surface area contributed by atoms with Crippen LogP contribution in [0.5, 0.6) is 17.2 Å². The first-order valence-electron chi connectivity index (χ1n) is 13.9. The van der Waals surface area contributed by atoms with Gasteiger partial charge in [-0.2, -0.15) is 5.10 Å². The monoisotopic (exact) mass is 539 g/mol. The molecule has 0 bridgehead atoms. The van der Waals surface area contributed by atoms with Crippen molar-refractivity contribution in [2.45, 2.75) is 53.6 Å². The highest BCUT2D eigenvalue weighted by molar-refractivity contribution is 6.00. The van der Waals surface area contributed by atoms with Gasteiger partial charge < -0.3 is 19.5 Å². The molecule has 0 saturated heterocycles. The SMILES string of the molecule is CCOc1cc(C2c3c(-c4c(C)cc(C)cc4O)n[nH]c3C(=O)N2Cc2ccccc2)ccc1OCCC(C)C. The van der Waals surface area contributed by atoms with Crippen LogP contribution in [0.2, 0.25) is 0 Å². The van der Waals surface area contributed by atoms with E-state index >= 15 is 0 Å². The molecule has 0 radical (unpaired) electrons. The molecule has 1 aliphatic rings. The fourth-order valence-electron chi connectivity index (χ4n) is 5.42. The van der Waals surface area contributed by atoms with Crippen LogP contribution in [0.3, 0.4) is 0 Å². The number of phenols is 1. The summed E-state index contributed by atoms with van der Waals surface area (Å²) in [5.74, 6) is 1.87. The van der Waals surface area contributed by atoms with E-state index in [0.29, 0.717) is 54.1 Å². The molecule has 4 aromatic rings. The van der Waals surface area contributed by atoms with Gasteiger partial charge in [0.25, 0.3) is 5.91 Å². The van der Waals surface area contributed by atoms with Crippen LogP contribution >= 0.6 is 0 Å². The number of amides is 1. The maximum absolute atomic E-state index is 13.9. The Morgan fingerprint density at radius 1 is 1.02 bits per heavy atom. The number of aromatic amines is 1. The predicted molar refractivity (Wildman–Crippen MR) is 156 cm³/mol. The third-order valence-corrected chi connectivity index (χ3v) is 7.29. The van der Waals surface area contributed by atoms with E-state index in [0.717, 1.165) is 34.2 Å². The highest BCUT2D eigenvalue weighted by atomic mass is 16.5. The predicted octanol–water partition coefficient (Wildman–Crippen LogP) is 6.97. The smallest absolute Gasteiger partial charge is 0.273 e. The van der Waals surface area contributed by atoms with Gasteiger partial charge in [-0.3, -0.25) is 9.89 Å². The summed E-state index contributed by atoms with van der Waals surface area (Å²) in [6, 6.07) is 19.1. The molecule has 5 rings (SSSR count). The number of benzene rings is 3. The quantitative estimate of drug-likeness (QED) is 0.227. The second-order valence-electron chi connectivity index (χ2n) is 10.8. The molecular weight excluding hydrogens is 502 g/mol. The summed E-state index contributed by atoms with van der Waals surface area (Å²) < 4.78 is 12.1. The Hall–Kier alpha value is -4.26. The van der Waals surface area contributed by atoms with Crippen LogP contribution in [0.4, 0.5) is 0 Å². The normalized spacial score (nSPS) is 14.6. The molecule has 7 nitrogen and oxygen atoms in total. The molecule has 208 valence electrons. The van der Waals surface area contributed by atoms with Crippen LogP contribution in [0.25, 0.3) is 11.3 Å². The number of nitrogens with zero attached hydrogens (tertiary/aromatic N) is 2. The number of aryl methyl sites for hydroxylation is 2. The number of carbonyl (C=O) groups is 1. The van der Waals surface area contributed by atoms with Gasteiger partial charge in [0.2, 0.25) is 0 Å². The molecular formula is C33H37N3O4. The number of nitrogens with one attached hydrogen (secondary N) is 1. The minimum atomic E-state index is -0.444. The van der Waals surface area contributed by atoms with E-state index in [1.165, 1.54) is 0 Å². The fourth-order valence-corrected chi connectivity index (χ4v) is 5.42. The second kappa shape index (κ2) is 11.5. The van der Waals surface area contributed by atoms with Crippen molar-refractivity contribution in [1.29, 1.82) is 0 Å². The Labute approximate surface area is 235 Å². The second-order valence-corrected chi connectivity index (χ2v) is 10.8. The summed E-state index contributed by atoms with van der Waals surface area (Å²) in [5.41, 5.74) is 6.14. The number of hydrogen-bond donors (Lipinski definition) is 2. The van der Waals surface area contributed by atoms with Crippen molar-refractivity contribution in [3.63, 3.8) is 0 Å². The van der Waals surface area contributed by atoms with E-state index in [-0.39, 0.29) is 11.7 Å². The zero-order chi connectivity index (χ0) is 28.4. The largest absolute Gasteiger partial charge is 0.507 e. The minimum absolute atomic E-state index is 0.137. The average molecular weight is 540 g/mol. The molecule has 3 aromatic carbocycles. The Kier molecular flexibility index (Phi) is 7.83. The average Bonchev–Trinajstić information content (AvgIpc) is 3.44. The summed E-state index contributed by atoms with van der Waals surface area (Å²) in [6.07, 6.45) is 0.941. The molecule has 0 spiro atoms. The molecule has 2 heterocycles. The molecule has 0 saturated carbocycles. The van der Waals surface area contributed by atoms with Crippen LogP contribution < -0.4 is 9.47 Å². The number of phenolic OH excluding ortho intramolecular Hbond substituents is 1. The molecule has 40 heavy (non-hydrogen) atoms. The molecule has 1 atom stereocenters. The first kappa shape index (κ1) is 27.3. The highest BCUT2D eigenvalue weighted by Crippen LogP contribution is 2.47. The van der Waals surface area contributed by atoms with Gasteiger partial charge in [0.1, 0.15) is 17.1 Å². The summed E-state index contributed by atoms with van der Waals surface area (Å²) in [4.78, 5) is 15.7. The summed E-state index contributed by atoms with van der Waals surface area (Å²) in [5, 5.41) is 18.6. The van der Waals surface area contributed by atoms with E-state index in [9.17, 15) is 9.90 Å². The molecule has 1 aromatic heterocycles. The topological polar surface area (TPSA) is 87.7 Å². The minimum Gasteiger partial charge on any atom is -0.507 e. The number of fused-ring (bicyclic) bond motifs is 1. The van der Waals surface area contributed by atoms with E-state index in [4.69, 9.17) is 9.47 Å². The van der Waals surface area contributed by atoms with Gasteiger partial charge in [-0.1, -0.05) is 56.3 Å². The highest BCUT2D eigenvalue weighted by Gasteiger charge is 2.43. The van der Waals surface area contributed by atoms with E-state index in [1.807, 2.05) is 80.3 Å². The number of H-pyrrole nitrogens is 1. The van der Waals surface area contributed by atoms with Crippen LogP contribution in [0, 0.1) is 19.8 Å². The van der Waals surface area contributed by atoms with E-state index in [1.54, 1.807) is 6.07 Å². The molecule has 2 N–H and O–H groups in total. The van der Waals surface area contributed by atoms with E-state index < -0.39 is 6.04 Å². The maximum atomic E-state index is 13.9. The van der Waals surface area contributed by atoms with Crippen LogP contribution in [-0.2, 0) is 6.54 Å². The summed E-state index contributed by atoms with van der Waals surface area (Å²) >= 11 is 0. The van der Waals surface area contributed by atoms with Gasteiger partial charge in [-0.15, -0.1) is 0 Å². The van der Waals surface area contributed by atoms with Crippen molar-refractivity contribution in [1.82, 2.24) is 15.1 Å².